The Morgan fingerprint density at radius 2 is 1.66 bits per heavy atom. The number of carbonyl (C=O) groups is 1. The molecule has 1 heterocycles. The second kappa shape index (κ2) is 14.8. The molecule has 12 heteroatoms. The van der Waals surface area contributed by atoms with Crippen molar-refractivity contribution in [2.24, 2.45) is 10.1 Å². The van der Waals surface area contributed by atoms with Crippen LogP contribution in [0.25, 0.3) is 10.4 Å². The van der Waals surface area contributed by atoms with E-state index in [1.54, 1.807) is 24.3 Å². The van der Waals surface area contributed by atoms with Crippen LogP contribution >= 0.6 is 0 Å². The standard InChI is InChI=1S/C35H32F3N5O4/c36-35(37,38)29-15-11-24(12-16-29)22-40-33(45)34(21-27-9-4-5-10-28(27)23-41-43-39)31(25-7-2-1-3-8-25)47-32(42-34)26-13-17-30(18-14-26)46-20-6-19-44/h1-5,7-18,31,44H,6,19-23H2,(H,40,45)/t31-,34-/m1/s1. The molecule has 0 saturated heterocycles. The molecule has 1 aliphatic rings. The van der Waals surface area contributed by atoms with E-state index in [0.717, 1.165) is 12.1 Å². The number of aliphatic imine (C=N–C) groups is 1. The largest absolute Gasteiger partial charge is 0.494 e. The summed E-state index contributed by atoms with van der Waals surface area (Å²) in [5, 5.41) is 15.7. The zero-order chi connectivity index (χ0) is 33.3. The maximum Gasteiger partial charge on any atom is 0.416 e. The summed E-state index contributed by atoms with van der Waals surface area (Å²) in [5.74, 6) is 0.315. The predicted octanol–water partition coefficient (Wildman–Crippen LogP) is 7.09. The SMILES string of the molecule is [N-]=[N+]=NCc1ccccc1C[C@@]1(C(=O)NCc2ccc(C(F)(F)F)cc2)N=C(c2ccc(OCCCO)cc2)O[C@@H]1c1ccccc1. The van der Waals surface area contributed by atoms with E-state index in [4.69, 9.17) is 25.1 Å². The first-order valence-electron chi connectivity index (χ1n) is 14.9. The number of nitrogens with zero attached hydrogens (tertiary/aromatic N) is 4. The molecule has 0 unspecified atom stereocenters. The van der Waals surface area contributed by atoms with Gasteiger partial charge in [0, 0.05) is 36.5 Å². The van der Waals surface area contributed by atoms with Gasteiger partial charge in [-0.15, -0.1) is 0 Å². The first-order chi connectivity index (χ1) is 22.7. The van der Waals surface area contributed by atoms with E-state index < -0.39 is 29.3 Å². The topological polar surface area (TPSA) is 129 Å². The van der Waals surface area contributed by atoms with Crippen molar-refractivity contribution in [1.82, 2.24) is 5.32 Å². The van der Waals surface area contributed by atoms with Crippen LogP contribution in [0.3, 0.4) is 0 Å². The van der Waals surface area contributed by atoms with E-state index in [0.29, 0.717) is 46.6 Å². The molecular formula is C35H32F3N5O4. The first kappa shape index (κ1) is 33.1. The number of aliphatic hydroxyl groups is 1. The van der Waals surface area contributed by atoms with Gasteiger partial charge in [-0.3, -0.25) is 4.79 Å². The van der Waals surface area contributed by atoms with E-state index in [1.807, 2.05) is 54.6 Å². The average Bonchev–Trinajstić information content (AvgIpc) is 3.48. The summed E-state index contributed by atoms with van der Waals surface area (Å²) < 4.78 is 51.6. The molecule has 0 saturated carbocycles. The highest BCUT2D eigenvalue weighted by molar-refractivity contribution is 6.01. The third kappa shape index (κ3) is 7.92. The van der Waals surface area contributed by atoms with Crippen LogP contribution in [0.5, 0.6) is 5.75 Å². The predicted molar refractivity (Wildman–Crippen MR) is 169 cm³/mol. The van der Waals surface area contributed by atoms with E-state index in [1.165, 1.54) is 12.1 Å². The van der Waals surface area contributed by atoms with Gasteiger partial charge in [0.25, 0.3) is 5.91 Å². The Labute approximate surface area is 269 Å². The number of hydrogen-bond donors (Lipinski definition) is 2. The van der Waals surface area contributed by atoms with Crippen LogP contribution in [-0.4, -0.2) is 35.7 Å². The highest BCUT2D eigenvalue weighted by Gasteiger charge is 2.53. The van der Waals surface area contributed by atoms with Gasteiger partial charge in [0.05, 0.1) is 18.7 Å². The van der Waals surface area contributed by atoms with Crippen molar-refractivity contribution in [1.29, 1.82) is 0 Å². The van der Waals surface area contributed by atoms with E-state index >= 15 is 0 Å². The fourth-order valence-electron chi connectivity index (χ4n) is 5.34. The molecule has 47 heavy (non-hydrogen) atoms. The van der Waals surface area contributed by atoms with E-state index in [-0.39, 0.29) is 32.0 Å². The number of alkyl halides is 3. The summed E-state index contributed by atoms with van der Waals surface area (Å²) in [7, 11) is 0. The maximum absolute atomic E-state index is 14.5. The van der Waals surface area contributed by atoms with Gasteiger partial charge in [-0.25, -0.2) is 4.99 Å². The second-order valence-corrected chi connectivity index (χ2v) is 10.9. The van der Waals surface area contributed by atoms with Crippen LogP contribution < -0.4 is 10.1 Å². The van der Waals surface area contributed by atoms with Gasteiger partial charge >= 0.3 is 6.18 Å². The molecule has 242 valence electrons. The van der Waals surface area contributed by atoms with Crippen LogP contribution in [0.2, 0.25) is 0 Å². The Morgan fingerprint density at radius 3 is 2.32 bits per heavy atom. The van der Waals surface area contributed by atoms with Gasteiger partial charge in [0.2, 0.25) is 5.90 Å². The number of amides is 1. The lowest BCUT2D eigenvalue weighted by molar-refractivity contribution is -0.137. The summed E-state index contributed by atoms with van der Waals surface area (Å²) in [4.78, 5) is 22.3. The fraction of sp³-hybridized carbons (Fsp3) is 0.257. The Bertz CT molecular complexity index is 1740. The number of aliphatic hydroxyl groups excluding tert-OH is 1. The van der Waals surface area contributed by atoms with Gasteiger partial charge in [0.15, 0.2) is 11.6 Å². The number of ether oxygens (including phenoxy) is 2. The Balaban J connectivity index is 1.55. The highest BCUT2D eigenvalue weighted by atomic mass is 19.4. The van der Waals surface area contributed by atoms with Crippen LogP contribution in [0, 0.1) is 0 Å². The smallest absolute Gasteiger partial charge is 0.416 e. The summed E-state index contributed by atoms with van der Waals surface area (Å²) in [6, 6.07) is 28.1. The molecule has 9 nitrogen and oxygen atoms in total. The minimum absolute atomic E-state index is 0.0125. The second-order valence-electron chi connectivity index (χ2n) is 10.9. The van der Waals surface area contributed by atoms with Crippen molar-refractivity contribution in [2.75, 3.05) is 13.2 Å². The van der Waals surface area contributed by atoms with Crippen molar-refractivity contribution in [3.63, 3.8) is 0 Å². The third-order valence-electron chi connectivity index (χ3n) is 7.75. The van der Waals surface area contributed by atoms with Crippen LogP contribution in [0.1, 0.15) is 45.9 Å². The average molecular weight is 644 g/mol. The van der Waals surface area contributed by atoms with Crippen molar-refractivity contribution in [3.05, 3.63) is 147 Å². The molecule has 1 aliphatic heterocycles. The lowest BCUT2D eigenvalue weighted by atomic mass is 9.81. The zero-order valence-electron chi connectivity index (χ0n) is 25.2. The summed E-state index contributed by atoms with van der Waals surface area (Å²) in [6.07, 6.45) is -4.82. The molecule has 0 fully saturated rings. The highest BCUT2D eigenvalue weighted by Crippen LogP contribution is 2.43. The Hall–Kier alpha value is -5.32. The van der Waals surface area contributed by atoms with Gasteiger partial charge in [0.1, 0.15) is 5.75 Å². The number of hydrogen-bond acceptors (Lipinski definition) is 6. The minimum atomic E-state index is -4.48. The number of rotatable bonds is 13. The van der Waals surface area contributed by atoms with Crippen LogP contribution in [-0.2, 0) is 35.2 Å². The van der Waals surface area contributed by atoms with Gasteiger partial charge < -0.3 is 19.9 Å². The maximum atomic E-state index is 14.5. The molecule has 0 aromatic heterocycles. The monoisotopic (exact) mass is 643 g/mol. The van der Waals surface area contributed by atoms with Crippen molar-refractivity contribution >= 4 is 11.8 Å². The number of halogens is 3. The van der Waals surface area contributed by atoms with Gasteiger partial charge in [-0.2, -0.15) is 13.2 Å². The molecule has 2 N–H and O–H groups in total. The number of carbonyl (C=O) groups excluding carboxylic acids is 1. The summed E-state index contributed by atoms with van der Waals surface area (Å²) >= 11 is 0. The van der Waals surface area contributed by atoms with Crippen LogP contribution in [0.15, 0.2) is 113 Å². The quantitative estimate of drug-likeness (QED) is 0.0697. The van der Waals surface area contributed by atoms with E-state index in [9.17, 15) is 18.0 Å². The van der Waals surface area contributed by atoms with Crippen molar-refractivity contribution < 1.29 is 32.5 Å². The molecule has 1 amide bonds. The molecule has 4 aromatic rings. The summed E-state index contributed by atoms with van der Waals surface area (Å²) in [6.45, 7) is 0.367. The number of nitrogens with one attached hydrogen (secondary N) is 1. The zero-order valence-corrected chi connectivity index (χ0v) is 25.2. The fourth-order valence-corrected chi connectivity index (χ4v) is 5.34. The number of benzene rings is 4. The van der Waals surface area contributed by atoms with E-state index in [2.05, 4.69) is 15.3 Å². The molecule has 4 aromatic carbocycles. The number of azide groups is 1. The third-order valence-corrected chi connectivity index (χ3v) is 7.75. The Kier molecular flexibility index (Phi) is 10.4. The molecular weight excluding hydrogens is 611 g/mol. The van der Waals surface area contributed by atoms with Gasteiger partial charge in [-0.1, -0.05) is 71.8 Å². The molecule has 0 aliphatic carbocycles. The molecule has 0 radical (unpaired) electrons. The molecule has 2 atom stereocenters. The molecule has 5 rings (SSSR count). The van der Waals surface area contributed by atoms with Gasteiger partial charge in [-0.05, 0) is 64.2 Å². The normalized spacial score (nSPS) is 17.3. The first-order valence-corrected chi connectivity index (χ1v) is 14.9. The van der Waals surface area contributed by atoms with Crippen molar-refractivity contribution in [2.45, 2.75) is 43.8 Å². The summed E-state index contributed by atoms with van der Waals surface area (Å²) in [5.41, 5.74) is 9.82. The lowest BCUT2D eigenvalue weighted by Crippen LogP contribution is -2.49. The lowest BCUT2D eigenvalue weighted by Gasteiger charge is -2.31. The minimum Gasteiger partial charge on any atom is -0.494 e. The molecule has 0 spiro atoms. The van der Waals surface area contributed by atoms with Crippen LogP contribution in [0.4, 0.5) is 13.2 Å². The van der Waals surface area contributed by atoms with Crippen molar-refractivity contribution in [3.8, 4) is 5.75 Å². The molecule has 0 bridgehead atoms. The Morgan fingerprint density at radius 1 is 0.979 bits per heavy atom.